The van der Waals surface area contributed by atoms with Gasteiger partial charge < -0.3 is 4.74 Å². The van der Waals surface area contributed by atoms with Gasteiger partial charge in [0.1, 0.15) is 5.82 Å². The van der Waals surface area contributed by atoms with E-state index in [2.05, 4.69) is 4.99 Å². The third-order valence-corrected chi connectivity index (χ3v) is 4.60. The van der Waals surface area contributed by atoms with Gasteiger partial charge in [-0.3, -0.25) is 9.69 Å². The van der Waals surface area contributed by atoms with Crippen LogP contribution >= 0.6 is 11.8 Å². The number of thioether (sulfide) groups is 1. The molecule has 0 atom stereocenters. The average molecular weight is 358 g/mol. The Kier molecular flexibility index (Phi) is 4.85. The minimum Gasteiger partial charge on any atom is -0.465 e. The number of hydrogen-bond donors (Lipinski definition) is 0. The summed E-state index contributed by atoms with van der Waals surface area (Å²) in [6, 6.07) is 10.7. The number of ether oxygens (including phenoxy) is 1. The number of rotatable bonds is 3. The molecule has 0 unspecified atom stereocenters. The highest BCUT2D eigenvalue weighted by Crippen LogP contribution is 2.31. The van der Waals surface area contributed by atoms with Crippen molar-refractivity contribution in [3.63, 3.8) is 0 Å². The molecule has 0 bridgehead atoms. The van der Waals surface area contributed by atoms with Crippen LogP contribution in [0, 0.1) is 12.7 Å². The van der Waals surface area contributed by atoms with Crippen LogP contribution in [0.5, 0.6) is 0 Å². The van der Waals surface area contributed by atoms with Crippen molar-refractivity contribution >= 4 is 40.2 Å². The molecule has 0 saturated carbocycles. The van der Waals surface area contributed by atoms with Crippen molar-refractivity contribution in [1.82, 2.24) is 0 Å². The summed E-state index contributed by atoms with van der Waals surface area (Å²) in [7, 11) is 1.32. The summed E-state index contributed by atoms with van der Waals surface area (Å²) in [5.74, 6) is -0.597. The van der Waals surface area contributed by atoms with Crippen molar-refractivity contribution < 1.29 is 18.7 Å². The molecule has 0 spiro atoms. The lowest BCUT2D eigenvalue weighted by molar-refractivity contribution is -0.115. The van der Waals surface area contributed by atoms with Gasteiger partial charge in [0, 0.05) is 0 Å². The molecule has 1 aliphatic rings. The first-order valence-corrected chi connectivity index (χ1v) is 8.47. The zero-order valence-electron chi connectivity index (χ0n) is 13.7. The number of aliphatic imine (C=N–C) groups is 1. The van der Waals surface area contributed by atoms with Gasteiger partial charge >= 0.3 is 5.97 Å². The van der Waals surface area contributed by atoms with Crippen LogP contribution < -0.4 is 4.90 Å². The molecule has 1 saturated heterocycles. The Morgan fingerprint density at radius 2 is 1.96 bits per heavy atom. The predicted molar refractivity (Wildman–Crippen MR) is 96.0 cm³/mol. The van der Waals surface area contributed by atoms with Gasteiger partial charge in [0.15, 0.2) is 5.17 Å². The summed E-state index contributed by atoms with van der Waals surface area (Å²) in [5, 5.41) is 0.519. The Morgan fingerprint density at radius 1 is 1.24 bits per heavy atom. The molecule has 128 valence electrons. The van der Waals surface area contributed by atoms with E-state index in [0.717, 1.165) is 5.56 Å². The van der Waals surface area contributed by atoms with Crippen molar-refractivity contribution in [2.75, 3.05) is 17.8 Å². The van der Waals surface area contributed by atoms with Gasteiger partial charge in [-0.2, -0.15) is 0 Å². The molecule has 1 amide bonds. The minimum absolute atomic E-state index is 0.0974. The Hall–Kier alpha value is -2.67. The third kappa shape index (κ3) is 3.56. The van der Waals surface area contributed by atoms with E-state index in [1.807, 2.05) is 6.92 Å². The zero-order chi connectivity index (χ0) is 18.0. The van der Waals surface area contributed by atoms with Crippen molar-refractivity contribution in [3.8, 4) is 0 Å². The van der Waals surface area contributed by atoms with Crippen LogP contribution in [0.4, 0.5) is 15.8 Å². The molecule has 0 N–H and O–H groups in total. The first-order valence-electron chi connectivity index (χ1n) is 7.48. The van der Waals surface area contributed by atoms with Crippen LogP contribution in [0.3, 0.4) is 0 Å². The fraction of sp³-hybridized carbons (Fsp3) is 0.167. The SMILES string of the molecule is COC(=O)c1ccc(N2C(=O)CSC2=Nc2ccc(F)cc2)c(C)c1. The maximum atomic E-state index is 13.0. The topological polar surface area (TPSA) is 59.0 Å². The smallest absolute Gasteiger partial charge is 0.337 e. The van der Waals surface area contributed by atoms with E-state index in [-0.39, 0.29) is 17.5 Å². The van der Waals surface area contributed by atoms with Gasteiger partial charge in [0.05, 0.1) is 29.8 Å². The number of nitrogens with zero attached hydrogens (tertiary/aromatic N) is 2. The lowest BCUT2D eigenvalue weighted by Gasteiger charge is -2.19. The standard InChI is InChI=1S/C18H15FN2O3S/c1-11-9-12(17(23)24-2)3-8-15(11)21-16(22)10-25-18(21)20-14-6-4-13(19)5-7-14/h3-9H,10H2,1-2H3. The van der Waals surface area contributed by atoms with Gasteiger partial charge in [-0.05, 0) is 55.0 Å². The molecule has 0 aromatic heterocycles. The highest BCUT2D eigenvalue weighted by Gasteiger charge is 2.31. The highest BCUT2D eigenvalue weighted by molar-refractivity contribution is 8.15. The summed E-state index contributed by atoms with van der Waals surface area (Å²) < 4.78 is 17.7. The molecule has 0 aliphatic carbocycles. The fourth-order valence-electron chi connectivity index (χ4n) is 2.46. The number of anilines is 1. The Bertz CT molecular complexity index is 865. The summed E-state index contributed by atoms with van der Waals surface area (Å²) in [5.41, 5.74) is 2.39. The Balaban J connectivity index is 1.97. The normalized spacial score (nSPS) is 15.7. The molecule has 3 rings (SSSR count). The molecule has 2 aromatic carbocycles. The first kappa shape index (κ1) is 17.2. The summed E-state index contributed by atoms with van der Waals surface area (Å²) >= 11 is 1.32. The van der Waals surface area contributed by atoms with E-state index < -0.39 is 5.97 Å². The number of esters is 1. The van der Waals surface area contributed by atoms with E-state index in [1.165, 1.54) is 35.9 Å². The van der Waals surface area contributed by atoms with Crippen LogP contribution in [-0.4, -0.2) is 29.9 Å². The Labute approximate surface area is 148 Å². The van der Waals surface area contributed by atoms with Gasteiger partial charge in [0.25, 0.3) is 0 Å². The van der Waals surface area contributed by atoms with Crippen molar-refractivity contribution in [2.45, 2.75) is 6.92 Å². The molecule has 25 heavy (non-hydrogen) atoms. The maximum absolute atomic E-state index is 13.0. The van der Waals surface area contributed by atoms with Gasteiger partial charge in [-0.25, -0.2) is 14.2 Å². The van der Waals surface area contributed by atoms with E-state index in [9.17, 15) is 14.0 Å². The van der Waals surface area contributed by atoms with Gasteiger partial charge in [0.2, 0.25) is 5.91 Å². The second kappa shape index (κ2) is 7.06. The van der Waals surface area contributed by atoms with Crippen molar-refractivity contribution in [1.29, 1.82) is 0 Å². The number of amides is 1. The molecule has 5 nitrogen and oxygen atoms in total. The number of aryl methyl sites for hydroxylation is 1. The van der Waals surface area contributed by atoms with Crippen molar-refractivity contribution in [2.24, 2.45) is 4.99 Å². The number of carbonyl (C=O) groups is 2. The monoisotopic (exact) mass is 358 g/mol. The predicted octanol–water partition coefficient (Wildman–Crippen LogP) is 3.69. The van der Waals surface area contributed by atoms with Crippen LogP contribution in [0.2, 0.25) is 0 Å². The summed E-state index contributed by atoms with van der Waals surface area (Å²) in [6.45, 7) is 1.81. The molecule has 1 heterocycles. The minimum atomic E-state index is -0.433. The third-order valence-electron chi connectivity index (χ3n) is 3.68. The van der Waals surface area contributed by atoms with Crippen LogP contribution in [0.15, 0.2) is 47.5 Å². The average Bonchev–Trinajstić information content (AvgIpc) is 2.96. The molecule has 1 fully saturated rings. The summed E-state index contributed by atoms with van der Waals surface area (Å²) in [4.78, 5) is 29.9. The van der Waals surface area contributed by atoms with Gasteiger partial charge in [-0.1, -0.05) is 11.8 Å². The number of benzene rings is 2. The largest absolute Gasteiger partial charge is 0.465 e. The van der Waals surface area contributed by atoms with E-state index in [0.29, 0.717) is 22.1 Å². The van der Waals surface area contributed by atoms with Crippen LogP contribution in [0.25, 0.3) is 0 Å². The van der Waals surface area contributed by atoms with E-state index >= 15 is 0 Å². The lowest BCUT2D eigenvalue weighted by atomic mass is 10.1. The number of halogens is 1. The second-order valence-electron chi connectivity index (χ2n) is 5.38. The fourth-order valence-corrected chi connectivity index (χ4v) is 3.34. The molecule has 1 aliphatic heterocycles. The number of hydrogen-bond acceptors (Lipinski definition) is 5. The maximum Gasteiger partial charge on any atom is 0.337 e. The second-order valence-corrected chi connectivity index (χ2v) is 6.32. The molecule has 7 heteroatoms. The summed E-state index contributed by atoms with van der Waals surface area (Å²) in [6.07, 6.45) is 0. The quantitative estimate of drug-likeness (QED) is 0.785. The lowest BCUT2D eigenvalue weighted by Crippen LogP contribution is -2.29. The van der Waals surface area contributed by atoms with Crippen LogP contribution in [-0.2, 0) is 9.53 Å². The zero-order valence-corrected chi connectivity index (χ0v) is 14.5. The van der Waals surface area contributed by atoms with E-state index in [4.69, 9.17) is 4.74 Å². The molecular formula is C18H15FN2O3S. The number of methoxy groups -OCH3 is 1. The molecular weight excluding hydrogens is 343 g/mol. The van der Waals surface area contributed by atoms with E-state index in [1.54, 1.807) is 30.3 Å². The first-order chi connectivity index (χ1) is 12.0. The highest BCUT2D eigenvalue weighted by atomic mass is 32.2. The number of carbonyl (C=O) groups excluding carboxylic acids is 2. The molecule has 2 aromatic rings. The van der Waals surface area contributed by atoms with Crippen molar-refractivity contribution in [3.05, 3.63) is 59.4 Å². The Morgan fingerprint density at radius 3 is 2.60 bits per heavy atom. The van der Waals surface area contributed by atoms with Crippen LogP contribution in [0.1, 0.15) is 15.9 Å². The molecule has 0 radical (unpaired) electrons. The number of amidine groups is 1. The van der Waals surface area contributed by atoms with Gasteiger partial charge in [-0.15, -0.1) is 0 Å².